The molecular formula is C15H16ClN3O3S. The van der Waals surface area contributed by atoms with Crippen LogP contribution < -0.4 is 15.8 Å². The summed E-state index contributed by atoms with van der Waals surface area (Å²) >= 11 is 5.78. The highest BCUT2D eigenvalue weighted by Gasteiger charge is 2.12. The van der Waals surface area contributed by atoms with Crippen LogP contribution >= 0.6 is 11.6 Å². The fourth-order valence-electron chi connectivity index (χ4n) is 1.93. The van der Waals surface area contributed by atoms with E-state index in [0.717, 1.165) is 5.56 Å². The van der Waals surface area contributed by atoms with Gasteiger partial charge < -0.3 is 10.6 Å². The molecule has 4 N–H and O–H groups in total. The first-order valence-electron chi connectivity index (χ1n) is 6.71. The molecule has 0 saturated carbocycles. The second-order valence-corrected chi connectivity index (χ2v) is 6.94. The van der Waals surface area contributed by atoms with Crippen LogP contribution in [0.2, 0.25) is 5.02 Å². The van der Waals surface area contributed by atoms with Crippen LogP contribution in [0.25, 0.3) is 0 Å². The molecule has 0 bridgehead atoms. The summed E-state index contributed by atoms with van der Waals surface area (Å²) in [5, 5.41) is 11.1. The third kappa shape index (κ3) is 4.95. The quantitative estimate of drug-likeness (QED) is 0.787. The first-order chi connectivity index (χ1) is 10.8. The lowest BCUT2D eigenvalue weighted by molar-refractivity contribution is 0.249. The van der Waals surface area contributed by atoms with Gasteiger partial charge in [-0.05, 0) is 48.9 Å². The molecule has 2 aromatic rings. The number of primary sulfonamides is 1. The molecule has 122 valence electrons. The highest BCUT2D eigenvalue weighted by molar-refractivity contribution is 7.89. The minimum Gasteiger partial charge on any atom is -0.331 e. The molecule has 0 aromatic heterocycles. The molecule has 2 rings (SSSR count). The van der Waals surface area contributed by atoms with Crippen molar-refractivity contribution >= 4 is 33.3 Å². The number of halogens is 1. The van der Waals surface area contributed by atoms with Crippen LogP contribution in [0.1, 0.15) is 18.5 Å². The molecule has 1 unspecified atom stereocenters. The van der Waals surface area contributed by atoms with Gasteiger partial charge in [0.1, 0.15) is 0 Å². The van der Waals surface area contributed by atoms with E-state index >= 15 is 0 Å². The molecule has 23 heavy (non-hydrogen) atoms. The number of amides is 2. The van der Waals surface area contributed by atoms with E-state index in [1.165, 1.54) is 12.1 Å². The zero-order valence-electron chi connectivity index (χ0n) is 12.3. The van der Waals surface area contributed by atoms with E-state index in [2.05, 4.69) is 10.6 Å². The minimum atomic E-state index is -3.72. The predicted molar refractivity (Wildman–Crippen MR) is 89.8 cm³/mol. The maximum atomic E-state index is 11.9. The molecule has 0 saturated heterocycles. The van der Waals surface area contributed by atoms with Crippen molar-refractivity contribution in [1.29, 1.82) is 0 Å². The van der Waals surface area contributed by atoms with E-state index in [1.54, 1.807) is 43.3 Å². The summed E-state index contributed by atoms with van der Waals surface area (Å²) in [5.41, 5.74) is 1.37. The molecule has 0 aliphatic carbocycles. The van der Waals surface area contributed by atoms with Gasteiger partial charge in [-0.15, -0.1) is 0 Å². The lowest BCUT2D eigenvalue weighted by Crippen LogP contribution is -2.31. The standard InChI is InChI=1S/C15H16ClN3O3S/c1-10(11-2-8-14(9-3-11)23(17,21)22)18-15(20)19-13-6-4-12(16)5-7-13/h2-10H,1H3,(H2,17,21,22)(H2,18,19,20). The molecule has 1 atom stereocenters. The molecule has 0 fully saturated rings. The predicted octanol–water partition coefficient (Wildman–Crippen LogP) is 2.87. The van der Waals surface area contributed by atoms with Crippen molar-refractivity contribution < 1.29 is 13.2 Å². The second kappa shape index (κ2) is 6.99. The van der Waals surface area contributed by atoms with Crippen molar-refractivity contribution in [3.05, 3.63) is 59.1 Å². The Labute approximate surface area is 139 Å². The number of hydrogen-bond acceptors (Lipinski definition) is 3. The van der Waals surface area contributed by atoms with Gasteiger partial charge in [-0.25, -0.2) is 18.4 Å². The summed E-state index contributed by atoms with van der Waals surface area (Å²) in [4.78, 5) is 12.0. The normalized spacial score (nSPS) is 12.5. The van der Waals surface area contributed by atoms with Crippen molar-refractivity contribution in [3.8, 4) is 0 Å². The number of nitrogens with one attached hydrogen (secondary N) is 2. The van der Waals surface area contributed by atoms with Gasteiger partial charge in [-0.1, -0.05) is 23.7 Å². The van der Waals surface area contributed by atoms with Crippen molar-refractivity contribution in [2.75, 3.05) is 5.32 Å². The van der Waals surface area contributed by atoms with Crippen molar-refractivity contribution in [2.24, 2.45) is 5.14 Å². The van der Waals surface area contributed by atoms with Gasteiger partial charge in [0, 0.05) is 10.7 Å². The Morgan fingerprint density at radius 3 is 2.17 bits per heavy atom. The van der Waals surface area contributed by atoms with Gasteiger partial charge in [0.25, 0.3) is 0 Å². The first-order valence-corrected chi connectivity index (χ1v) is 8.64. The number of benzene rings is 2. The lowest BCUT2D eigenvalue weighted by Gasteiger charge is -2.15. The average Bonchev–Trinajstić information content (AvgIpc) is 2.49. The SMILES string of the molecule is CC(NC(=O)Nc1ccc(Cl)cc1)c1ccc(S(N)(=O)=O)cc1. The molecule has 0 aliphatic rings. The number of urea groups is 1. The number of carbonyl (C=O) groups excluding carboxylic acids is 1. The fraction of sp³-hybridized carbons (Fsp3) is 0.133. The molecule has 0 aliphatic heterocycles. The van der Waals surface area contributed by atoms with Crippen LogP contribution in [-0.4, -0.2) is 14.4 Å². The maximum Gasteiger partial charge on any atom is 0.319 e. The molecular weight excluding hydrogens is 338 g/mol. The maximum absolute atomic E-state index is 11.9. The minimum absolute atomic E-state index is 0.0269. The highest BCUT2D eigenvalue weighted by Crippen LogP contribution is 2.16. The summed E-state index contributed by atoms with van der Waals surface area (Å²) in [6.45, 7) is 1.79. The number of hydrogen-bond donors (Lipinski definition) is 3. The third-order valence-electron chi connectivity index (χ3n) is 3.16. The Morgan fingerprint density at radius 2 is 1.65 bits per heavy atom. The van der Waals surface area contributed by atoms with Gasteiger partial charge in [0.15, 0.2) is 0 Å². The number of rotatable bonds is 4. The van der Waals surface area contributed by atoms with Gasteiger partial charge in [-0.2, -0.15) is 0 Å². The molecule has 0 spiro atoms. The monoisotopic (exact) mass is 353 g/mol. The topological polar surface area (TPSA) is 101 Å². The van der Waals surface area contributed by atoms with Crippen molar-refractivity contribution in [3.63, 3.8) is 0 Å². The molecule has 6 nitrogen and oxygen atoms in total. The van der Waals surface area contributed by atoms with E-state index < -0.39 is 10.0 Å². The average molecular weight is 354 g/mol. The molecule has 0 radical (unpaired) electrons. The van der Waals surface area contributed by atoms with Crippen LogP contribution in [0, 0.1) is 0 Å². The first kappa shape index (κ1) is 17.3. The Hall–Kier alpha value is -2.09. The van der Waals surface area contributed by atoms with Gasteiger partial charge in [0.05, 0.1) is 10.9 Å². The summed E-state index contributed by atoms with van der Waals surface area (Å²) in [7, 11) is -3.72. The molecule has 8 heteroatoms. The summed E-state index contributed by atoms with van der Waals surface area (Å²) in [6, 6.07) is 12.0. The third-order valence-corrected chi connectivity index (χ3v) is 4.34. The van der Waals surface area contributed by atoms with E-state index in [1.807, 2.05) is 0 Å². The van der Waals surface area contributed by atoms with E-state index in [4.69, 9.17) is 16.7 Å². The Balaban J connectivity index is 1.99. The Morgan fingerprint density at radius 1 is 1.09 bits per heavy atom. The van der Waals surface area contributed by atoms with E-state index in [9.17, 15) is 13.2 Å². The zero-order valence-corrected chi connectivity index (χ0v) is 13.9. The second-order valence-electron chi connectivity index (χ2n) is 4.94. The summed E-state index contributed by atoms with van der Waals surface area (Å²) in [5.74, 6) is 0. The Kier molecular flexibility index (Phi) is 5.25. The number of carbonyl (C=O) groups is 1. The molecule has 0 heterocycles. The van der Waals surface area contributed by atoms with Crippen LogP contribution in [0.4, 0.5) is 10.5 Å². The van der Waals surface area contributed by atoms with E-state index in [0.29, 0.717) is 10.7 Å². The van der Waals surface area contributed by atoms with E-state index in [-0.39, 0.29) is 17.0 Å². The lowest BCUT2D eigenvalue weighted by atomic mass is 10.1. The number of nitrogens with two attached hydrogens (primary N) is 1. The Bertz CT molecular complexity index is 790. The van der Waals surface area contributed by atoms with Gasteiger partial charge in [-0.3, -0.25) is 0 Å². The highest BCUT2D eigenvalue weighted by atomic mass is 35.5. The smallest absolute Gasteiger partial charge is 0.319 e. The number of anilines is 1. The van der Waals surface area contributed by atoms with Crippen LogP contribution in [0.3, 0.4) is 0 Å². The zero-order chi connectivity index (χ0) is 17.0. The fourth-order valence-corrected chi connectivity index (χ4v) is 2.57. The van der Waals surface area contributed by atoms with Gasteiger partial charge >= 0.3 is 6.03 Å². The summed E-state index contributed by atoms with van der Waals surface area (Å²) < 4.78 is 22.4. The van der Waals surface area contributed by atoms with Crippen LogP contribution in [0.5, 0.6) is 0 Å². The van der Waals surface area contributed by atoms with Crippen molar-refractivity contribution in [2.45, 2.75) is 17.9 Å². The molecule has 2 aromatic carbocycles. The van der Waals surface area contributed by atoms with Gasteiger partial charge in [0.2, 0.25) is 10.0 Å². The largest absolute Gasteiger partial charge is 0.331 e. The van der Waals surface area contributed by atoms with Crippen LogP contribution in [0.15, 0.2) is 53.4 Å². The van der Waals surface area contributed by atoms with Crippen molar-refractivity contribution in [1.82, 2.24) is 5.32 Å². The summed E-state index contributed by atoms with van der Waals surface area (Å²) in [6.07, 6.45) is 0. The number of sulfonamides is 1. The molecule has 2 amide bonds. The van der Waals surface area contributed by atoms with Crippen LogP contribution in [-0.2, 0) is 10.0 Å².